The Kier molecular flexibility index (Phi) is 4.32. The van der Waals surface area contributed by atoms with Gasteiger partial charge in [-0.1, -0.05) is 6.92 Å². The summed E-state index contributed by atoms with van der Waals surface area (Å²) in [5.41, 5.74) is 0.560. The first-order valence-electron chi connectivity index (χ1n) is 8.09. The fourth-order valence-corrected chi connectivity index (χ4v) is 3.95. The van der Waals surface area contributed by atoms with Gasteiger partial charge in [-0.05, 0) is 72.8 Å². The zero-order chi connectivity index (χ0) is 14.3. The van der Waals surface area contributed by atoms with Gasteiger partial charge in [-0.25, -0.2) is 0 Å². The molecule has 0 radical (unpaired) electrons. The fourth-order valence-electron chi connectivity index (χ4n) is 3.95. The number of hydrogen-bond donors (Lipinski definition) is 0. The summed E-state index contributed by atoms with van der Waals surface area (Å²) in [6.07, 6.45) is 7.02. The standard InChI is InChI=1S/C17H33NO/c1-13-7-9-15(10-8-13)19-12-14-11-16(2,3)18(6)17(14,4)5/h13-15H,7-12H2,1-6H3. The molecule has 1 unspecified atom stereocenters. The van der Waals surface area contributed by atoms with E-state index in [-0.39, 0.29) is 5.54 Å². The van der Waals surface area contributed by atoms with Crippen LogP contribution in [0, 0.1) is 11.8 Å². The Hall–Kier alpha value is -0.0800. The molecule has 0 N–H and O–H groups in total. The first-order chi connectivity index (χ1) is 8.73. The maximum absolute atomic E-state index is 6.27. The van der Waals surface area contributed by atoms with Crippen molar-refractivity contribution in [2.24, 2.45) is 11.8 Å². The molecule has 1 aliphatic carbocycles. The lowest BCUT2D eigenvalue weighted by Gasteiger charge is -2.38. The predicted molar refractivity (Wildman–Crippen MR) is 81.4 cm³/mol. The zero-order valence-corrected chi connectivity index (χ0v) is 13.8. The topological polar surface area (TPSA) is 12.5 Å². The third-order valence-corrected chi connectivity index (χ3v) is 6.01. The Morgan fingerprint density at radius 3 is 2.11 bits per heavy atom. The Bertz CT molecular complexity index is 302. The van der Waals surface area contributed by atoms with Crippen LogP contribution in [0.4, 0.5) is 0 Å². The van der Waals surface area contributed by atoms with Crippen LogP contribution in [0.2, 0.25) is 0 Å². The number of rotatable bonds is 3. The zero-order valence-electron chi connectivity index (χ0n) is 13.8. The Labute approximate surface area is 119 Å². The smallest absolute Gasteiger partial charge is 0.0575 e. The van der Waals surface area contributed by atoms with Gasteiger partial charge in [-0.2, -0.15) is 0 Å². The highest BCUT2D eigenvalue weighted by Gasteiger charge is 2.49. The van der Waals surface area contributed by atoms with Crippen molar-refractivity contribution in [1.29, 1.82) is 0 Å². The van der Waals surface area contributed by atoms with Crippen molar-refractivity contribution >= 4 is 0 Å². The van der Waals surface area contributed by atoms with Crippen LogP contribution in [0.25, 0.3) is 0 Å². The summed E-state index contributed by atoms with van der Waals surface area (Å²) in [5, 5.41) is 0. The summed E-state index contributed by atoms with van der Waals surface area (Å²) in [4.78, 5) is 2.54. The minimum Gasteiger partial charge on any atom is -0.378 e. The summed E-state index contributed by atoms with van der Waals surface area (Å²) >= 11 is 0. The maximum atomic E-state index is 6.27. The molecule has 0 spiro atoms. The van der Waals surface area contributed by atoms with Gasteiger partial charge in [0.25, 0.3) is 0 Å². The number of nitrogens with zero attached hydrogens (tertiary/aromatic N) is 1. The van der Waals surface area contributed by atoms with Crippen molar-refractivity contribution in [3.05, 3.63) is 0 Å². The van der Waals surface area contributed by atoms with E-state index in [0.717, 1.165) is 12.5 Å². The van der Waals surface area contributed by atoms with E-state index in [1.807, 2.05) is 0 Å². The molecule has 0 aromatic rings. The minimum absolute atomic E-state index is 0.255. The molecule has 1 saturated carbocycles. The molecule has 2 rings (SSSR count). The molecule has 1 atom stereocenters. The second-order valence-electron chi connectivity index (χ2n) is 8.14. The normalized spacial score (nSPS) is 38.5. The number of likely N-dealkylation sites (tertiary alicyclic amines) is 1. The molecule has 2 aliphatic rings. The van der Waals surface area contributed by atoms with E-state index in [1.165, 1.54) is 32.1 Å². The van der Waals surface area contributed by atoms with Gasteiger partial charge >= 0.3 is 0 Å². The molecule has 19 heavy (non-hydrogen) atoms. The van der Waals surface area contributed by atoms with E-state index < -0.39 is 0 Å². The highest BCUT2D eigenvalue weighted by atomic mass is 16.5. The van der Waals surface area contributed by atoms with E-state index in [1.54, 1.807) is 0 Å². The molecule has 1 aliphatic heterocycles. The third kappa shape index (κ3) is 3.16. The molecule has 0 bridgehead atoms. The molecule has 2 heteroatoms. The van der Waals surface area contributed by atoms with Crippen LogP contribution in [-0.2, 0) is 4.74 Å². The Balaban J connectivity index is 1.86. The summed E-state index contributed by atoms with van der Waals surface area (Å²) in [6.45, 7) is 12.8. The van der Waals surface area contributed by atoms with Crippen LogP contribution < -0.4 is 0 Å². The molecule has 112 valence electrons. The highest BCUT2D eigenvalue weighted by molar-refractivity contribution is 5.04. The predicted octanol–water partition coefficient (Wildman–Crippen LogP) is 4.09. The Morgan fingerprint density at radius 1 is 1.05 bits per heavy atom. The van der Waals surface area contributed by atoms with Gasteiger partial charge in [0.15, 0.2) is 0 Å². The third-order valence-electron chi connectivity index (χ3n) is 6.01. The van der Waals surface area contributed by atoms with E-state index in [2.05, 4.69) is 46.6 Å². The lowest BCUT2D eigenvalue weighted by Crippen LogP contribution is -2.47. The van der Waals surface area contributed by atoms with Gasteiger partial charge in [-0.15, -0.1) is 0 Å². The summed E-state index contributed by atoms with van der Waals surface area (Å²) in [6, 6.07) is 0. The van der Waals surface area contributed by atoms with Crippen molar-refractivity contribution in [2.75, 3.05) is 13.7 Å². The second kappa shape index (κ2) is 5.37. The van der Waals surface area contributed by atoms with Crippen molar-refractivity contribution in [3.63, 3.8) is 0 Å². The van der Waals surface area contributed by atoms with Gasteiger partial charge < -0.3 is 4.74 Å². The lowest BCUT2D eigenvalue weighted by atomic mass is 9.86. The number of ether oxygens (including phenoxy) is 1. The molecular weight excluding hydrogens is 234 g/mol. The molecular formula is C17H33NO. The maximum Gasteiger partial charge on any atom is 0.0575 e. The second-order valence-corrected chi connectivity index (χ2v) is 8.14. The van der Waals surface area contributed by atoms with Crippen LogP contribution in [0.5, 0.6) is 0 Å². The lowest BCUT2D eigenvalue weighted by molar-refractivity contribution is -0.0164. The van der Waals surface area contributed by atoms with E-state index in [4.69, 9.17) is 4.74 Å². The largest absolute Gasteiger partial charge is 0.378 e. The highest BCUT2D eigenvalue weighted by Crippen LogP contribution is 2.44. The van der Waals surface area contributed by atoms with E-state index in [9.17, 15) is 0 Å². The van der Waals surface area contributed by atoms with E-state index >= 15 is 0 Å². The Morgan fingerprint density at radius 2 is 1.63 bits per heavy atom. The van der Waals surface area contributed by atoms with Crippen molar-refractivity contribution in [1.82, 2.24) is 4.90 Å². The number of hydrogen-bond acceptors (Lipinski definition) is 2. The molecule has 2 fully saturated rings. The van der Waals surface area contributed by atoms with Crippen molar-refractivity contribution in [3.8, 4) is 0 Å². The molecule has 0 aromatic carbocycles. The van der Waals surface area contributed by atoms with Crippen LogP contribution in [-0.4, -0.2) is 35.7 Å². The first kappa shape index (κ1) is 15.3. The van der Waals surface area contributed by atoms with Gasteiger partial charge in [0.1, 0.15) is 0 Å². The van der Waals surface area contributed by atoms with Gasteiger partial charge in [-0.3, -0.25) is 4.90 Å². The molecule has 0 aromatic heterocycles. The van der Waals surface area contributed by atoms with Gasteiger partial charge in [0.2, 0.25) is 0 Å². The fraction of sp³-hybridized carbons (Fsp3) is 1.00. The monoisotopic (exact) mass is 267 g/mol. The molecule has 1 heterocycles. The van der Waals surface area contributed by atoms with Crippen LogP contribution in [0.15, 0.2) is 0 Å². The van der Waals surface area contributed by atoms with E-state index in [0.29, 0.717) is 17.6 Å². The van der Waals surface area contributed by atoms with Crippen LogP contribution >= 0.6 is 0 Å². The van der Waals surface area contributed by atoms with Gasteiger partial charge in [0.05, 0.1) is 12.7 Å². The molecule has 2 nitrogen and oxygen atoms in total. The average Bonchev–Trinajstić information content (AvgIpc) is 2.49. The summed E-state index contributed by atoms with van der Waals surface area (Å²) in [7, 11) is 2.27. The molecule has 1 saturated heterocycles. The molecule has 0 amide bonds. The SMILES string of the molecule is CC1CCC(OCC2CC(C)(C)N(C)C2(C)C)CC1. The average molecular weight is 267 g/mol. The first-order valence-corrected chi connectivity index (χ1v) is 8.09. The van der Waals surface area contributed by atoms with Crippen molar-refractivity contribution in [2.45, 2.75) is 83.9 Å². The van der Waals surface area contributed by atoms with Crippen molar-refractivity contribution < 1.29 is 4.74 Å². The summed E-state index contributed by atoms with van der Waals surface area (Å²) < 4.78 is 6.27. The van der Waals surface area contributed by atoms with Gasteiger partial charge in [0, 0.05) is 17.0 Å². The quantitative estimate of drug-likeness (QED) is 0.763. The minimum atomic E-state index is 0.255. The van der Waals surface area contributed by atoms with Crippen LogP contribution in [0.1, 0.15) is 66.7 Å². The van der Waals surface area contributed by atoms with Crippen LogP contribution in [0.3, 0.4) is 0 Å². The summed E-state index contributed by atoms with van der Waals surface area (Å²) in [5.74, 6) is 1.57.